The molecule has 2 nitrogen and oxygen atoms in total. The number of benzene rings is 1. The Morgan fingerprint density at radius 3 is 2.61 bits per heavy atom. The van der Waals surface area contributed by atoms with Crippen LogP contribution in [-0.4, -0.2) is 10.8 Å². The lowest BCUT2D eigenvalue weighted by molar-refractivity contribution is 0.104. The van der Waals surface area contributed by atoms with Gasteiger partial charge in [-0.25, -0.2) is 4.98 Å². The zero-order valence-corrected chi connectivity index (χ0v) is 10.9. The Kier molecular flexibility index (Phi) is 4.31. The molecule has 0 amide bonds. The van der Waals surface area contributed by atoms with Crippen molar-refractivity contribution < 1.29 is 4.79 Å². The third-order valence-electron chi connectivity index (χ3n) is 2.38. The maximum absolute atomic E-state index is 11.8. The summed E-state index contributed by atoms with van der Waals surface area (Å²) in [5, 5.41) is 2.65. The molecule has 0 radical (unpaired) electrons. The van der Waals surface area contributed by atoms with Gasteiger partial charge in [-0.3, -0.25) is 4.79 Å². The van der Waals surface area contributed by atoms with Crippen LogP contribution in [0.1, 0.15) is 15.9 Å². The van der Waals surface area contributed by atoms with E-state index in [1.54, 1.807) is 17.7 Å². The summed E-state index contributed by atoms with van der Waals surface area (Å²) >= 11 is 1.43. The van der Waals surface area contributed by atoms with Crippen molar-refractivity contribution in [2.45, 2.75) is 11.9 Å². The average Bonchev–Trinajstić information content (AvgIpc) is 2.40. The van der Waals surface area contributed by atoms with Crippen molar-refractivity contribution >= 4 is 17.5 Å². The van der Waals surface area contributed by atoms with E-state index >= 15 is 0 Å². The molecule has 1 heterocycles. The van der Waals surface area contributed by atoms with Gasteiger partial charge in [-0.05, 0) is 30.5 Å². The first-order valence-corrected chi connectivity index (χ1v) is 6.49. The molecule has 0 spiro atoms. The second-order valence-corrected chi connectivity index (χ2v) is 4.74. The molecule has 0 atom stereocenters. The number of aromatic nitrogens is 1. The molecule has 0 aliphatic heterocycles. The first kappa shape index (κ1) is 12.6. The van der Waals surface area contributed by atoms with Gasteiger partial charge in [-0.2, -0.15) is 0 Å². The molecule has 2 aromatic rings. The molecule has 0 saturated heterocycles. The minimum atomic E-state index is 0.0124. The van der Waals surface area contributed by atoms with E-state index in [0.717, 1.165) is 10.6 Å². The van der Waals surface area contributed by atoms with Crippen molar-refractivity contribution in [1.82, 2.24) is 4.98 Å². The second kappa shape index (κ2) is 6.17. The number of thioether (sulfide) groups is 1. The van der Waals surface area contributed by atoms with E-state index in [9.17, 15) is 4.79 Å². The van der Waals surface area contributed by atoms with E-state index in [0.29, 0.717) is 5.56 Å². The number of ketones is 1. The van der Waals surface area contributed by atoms with Crippen molar-refractivity contribution in [2.24, 2.45) is 0 Å². The van der Waals surface area contributed by atoms with Crippen molar-refractivity contribution in [3.8, 4) is 0 Å². The van der Waals surface area contributed by atoms with Crippen molar-refractivity contribution in [3.63, 3.8) is 0 Å². The Labute approximate surface area is 111 Å². The number of rotatable bonds is 4. The molecule has 1 aromatic heterocycles. The fourth-order valence-electron chi connectivity index (χ4n) is 1.40. The highest BCUT2D eigenvalue weighted by atomic mass is 32.2. The van der Waals surface area contributed by atoms with Crippen LogP contribution in [0.25, 0.3) is 0 Å². The van der Waals surface area contributed by atoms with Gasteiger partial charge in [0.2, 0.25) is 0 Å². The van der Waals surface area contributed by atoms with Crippen LogP contribution in [0.4, 0.5) is 0 Å². The third kappa shape index (κ3) is 3.57. The van der Waals surface area contributed by atoms with E-state index in [-0.39, 0.29) is 5.78 Å². The highest BCUT2D eigenvalue weighted by Crippen LogP contribution is 2.15. The molecule has 18 heavy (non-hydrogen) atoms. The number of pyridine rings is 1. The van der Waals surface area contributed by atoms with E-state index in [1.807, 2.05) is 49.4 Å². The minimum absolute atomic E-state index is 0.0124. The van der Waals surface area contributed by atoms with Crippen LogP contribution in [0.15, 0.2) is 65.2 Å². The Morgan fingerprint density at radius 2 is 1.94 bits per heavy atom. The lowest BCUT2D eigenvalue weighted by Crippen LogP contribution is -1.93. The highest BCUT2D eigenvalue weighted by Gasteiger charge is 2.00. The van der Waals surface area contributed by atoms with Gasteiger partial charge < -0.3 is 0 Å². The number of carbonyl (C=O) groups is 1. The van der Waals surface area contributed by atoms with Crippen LogP contribution in [0.3, 0.4) is 0 Å². The molecule has 3 heteroatoms. The van der Waals surface area contributed by atoms with Crippen LogP contribution in [0, 0.1) is 6.92 Å². The molecule has 0 N–H and O–H groups in total. The van der Waals surface area contributed by atoms with Gasteiger partial charge in [0.15, 0.2) is 5.78 Å². The normalized spacial score (nSPS) is 10.7. The number of nitrogens with zero attached hydrogens (tertiary/aromatic N) is 1. The van der Waals surface area contributed by atoms with Gasteiger partial charge in [0.25, 0.3) is 0 Å². The van der Waals surface area contributed by atoms with Crippen LogP contribution >= 0.6 is 11.8 Å². The summed E-state index contributed by atoms with van der Waals surface area (Å²) in [6.45, 7) is 2.00. The summed E-state index contributed by atoms with van der Waals surface area (Å²) in [7, 11) is 0. The molecule has 0 aliphatic carbocycles. The molecule has 90 valence electrons. The fourth-order valence-corrected chi connectivity index (χ4v) is 2.01. The lowest BCUT2D eigenvalue weighted by Gasteiger charge is -1.96. The first-order valence-electron chi connectivity index (χ1n) is 5.61. The minimum Gasteiger partial charge on any atom is -0.289 e. The Morgan fingerprint density at radius 1 is 1.17 bits per heavy atom. The van der Waals surface area contributed by atoms with E-state index in [2.05, 4.69) is 4.98 Å². The number of carbonyl (C=O) groups excluding carboxylic acids is 1. The zero-order valence-electron chi connectivity index (χ0n) is 10.0. The number of hydrogen-bond acceptors (Lipinski definition) is 3. The van der Waals surface area contributed by atoms with Crippen LogP contribution in [0.5, 0.6) is 0 Å². The molecule has 0 aliphatic rings. The largest absolute Gasteiger partial charge is 0.289 e. The summed E-state index contributed by atoms with van der Waals surface area (Å²) in [5.74, 6) is 0.0124. The lowest BCUT2D eigenvalue weighted by atomic mass is 10.1. The SMILES string of the molecule is Cc1ccc(C(=O)/C=C/Sc2ccccn2)cc1. The molecule has 0 saturated carbocycles. The predicted octanol–water partition coefficient (Wildman–Crippen LogP) is 3.88. The van der Waals surface area contributed by atoms with E-state index in [1.165, 1.54) is 11.8 Å². The van der Waals surface area contributed by atoms with Gasteiger partial charge in [-0.15, -0.1) is 0 Å². The number of hydrogen-bond donors (Lipinski definition) is 0. The van der Waals surface area contributed by atoms with Gasteiger partial charge >= 0.3 is 0 Å². The number of aryl methyl sites for hydroxylation is 1. The molecular weight excluding hydrogens is 242 g/mol. The maximum atomic E-state index is 11.8. The summed E-state index contributed by atoms with van der Waals surface area (Å²) in [6, 6.07) is 13.3. The Hall–Kier alpha value is -1.87. The molecule has 0 bridgehead atoms. The summed E-state index contributed by atoms with van der Waals surface area (Å²) in [6.07, 6.45) is 3.31. The number of allylic oxidation sites excluding steroid dienone is 1. The van der Waals surface area contributed by atoms with Crippen LogP contribution in [-0.2, 0) is 0 Å². The molecule has 0 fully saturated rings. The van der Waals surface area contributed by atoms with Gasteiger partial charge in [0, 0.05) is 11.8 Å². The Bertz CT molecular complexity index is 546. The molecule has 2 rings (SSSR count). The van der Waals surface area contributed by atoms with Crippen LogP contribution < -0.4 is 0 Å². The zero-order chi connectivity index (χ0) is 12.8. The fraction of sp³-hybridized carbons (Fsp3) is 0.0667. The summed E-state index contributed by atoms with van der Waals surface area (Å²) in [5.41, 5.74) is 1.86. The van der Waals surface area contributed by atoms with E-state index in [4.69, 9.17) is 0 Å². The molecular formula is C15H13NOS. The summed E-state index contributed by atoms with van der Waals surface area (Å²) in [4.78, 5) is 16.0. The molecule has 1 aromatic carbocycles. The quantitative estimate of drug-likeness (QED) is 0.472. The maximum Gasteiger partial charge on any atom is 0.186 e. The van der Waals surface area contributed by atoms with E-state index < -0.39 is 0 Å². The summed E-state index contributed by atoms with van der Waals surface area (Å²) < 4.78 is 0. The first-order chi connectivity index (χ1) is 8.75. The molecule has 0 unspecified atom stereocenters. The third-order valence-corrected chi connectivity index (χ3v) is 3.14. The van der Waals surface area contributed by atoms with Crippen LogP contribution in [0.2, 0.25) is 0 Å². The van der Waals surface area contributed by atoms with Crippen molar-refractivity contribution in [1.29, 1.82) is 0 Å². The average molecular weight is 255 g/mol. The monoisotopic (exact) mass is 255 g/mol. The standard InChI is InChI=1S/C15H13NOS/c1-12-5-7-13(8-6-12)14(17)9-11-18-15-4-2-3-10-16-15/h2-11H,1H3/b11-9+. The van der Waals surface area contributed by atoms with Crippen molar-refractivity contribution in [2.75, 3.05) is 0 Å². The van der Waals surface area contributed by atoms with Gasteiger partial charge in [0.1, 0.15) is 5.03 Å². The predicted molar refractivity (Wildman–Crippen MR) is 74.7 cm³/mol. The van der Waals surface area contributed by atoms with Gasteiger partial charge in [-0.1, -0.05) is 47.7 Å². The van der Waals surface area contributed by atoms with Crippen molar-refractivity contribution in [3.05, 3.63) is 71.3 Å². The highest BCUT2D eigenvalue weighted by molar-refractivity contribution is 8.02. The Balaban J connectivity index is 1.97. The smallest absolute Gasteiger partial charge is 0.186 e. The topological polar surface area (TPSA) is 30.0 Å². The second-order valence-electron chi connectivity index (χ2n) is 3.82. The van der Waals surface area contributed by atoms with Gasteiger partial charge in [0.05, 0.1) is 0 Å².